The van der Waals surface area contributed by atoms with Crippen LogP contribution in [0, 0.1) is 0 Å². The maximum Gasteiger partial charge on any atom is 0.251 e. The second-order valence-corrected chi connectivity index (χ2v) is 4.91. The van der Waals surface area contributed by atoms with E-state index in [1.54, 1.807) is 6.07 Å². The number of benzene rings is 1. The maximum absolute atomic E-state index is 12.0. The zero-order valence-electron chi connectivity index (χ0n) is 10.4. The largest absolute Gasteiger partial charge is 0.409 e. The summed E-state index contributed by atoms with van der Waals surface area (Å²) in [6.07, 6.45) is 0.920. The number of nitrogens with two attached hydrogens (primary N) is 1. The summed E-state index contributed by atoms with van der Waals surface area (Å²) in [6, 6.07) is 4.38. The Hall–Kier alpha value is -1.46. The molecule has 104 valence electrons. The minimum atomic E-state index is -0.304. The highest BCUT2D eigenvalue weighted by atomic mass is 35.5. The summed E-state index contributed by atoms with van der Waals surface area (Å²) in [5.74, 6) is -0.238. The average molecular weight is 304 g/mol. The summed E-state index contributed by atoms with van der Waals surface area (Å²) < 4.78 is 0. The second kappa shape index (κ2) is 7.21. The summed E-state index contributed by atoms with van der Waals surface area (Å²) in [6.45, 7) is 1.89. The molecule has 1 aromatic rings. The number of amidine groups is 1. The number of nitrogens with zero attached hydrogens (tertiary/aromatic N) is 1. The molecule has 5 nitrogen and oxygen atoms in total. The van der Waals surface area contributed by atoms with Crippen LogP contribution < -0.4 is 11.1 Å². The van der Waals surface area contributed by atoms with Gasteiger partial charge in [0.05, 0.1) is 0 Å². The first kappa shape index (κ1) is 15.6. The zero-order chi connectivity index (χ0) is 14.4. The Morgan fingerprint density at radius 2 is 2.00 bits per heavy atom. The number of rotatable bonds is 5. The Labute approximate surface area is 121 Å². The smallest absolute Gasteiger partial charge is 0.251 e. The van der Waals surface area contributed by atoms with Crippen molar-refractivity contribution in [2.75, 3.05) is 0 Å². The molecule has 1 aromatic carbocycles. The molecule has 0 aliphatic heterocycles. The molecule has 0 aliphatic rings. The lowest BCUT2D eigenvalue weighted by Gasteiger charge is -2.16. The van der Waals surface area contributed by atoms with Gasteiger partial charge in [-0.25, -0.2) is 0 Å². The van der Waals surface area contributed by atoms with Crippen LogP contribution in [0.4, 0.5) is 0 Å². The Kier molecular flexibility index (Phi) is 5.92. The Morgan fingerprint density at radius 3 is 2.47 bits per heavy atom. The fourth-order valence-electron chi connectivity index (χ4n) is 1.54. The van der Waals surface area contributed by atoms with Gasteiger partial charge in [0.15, 0.2) is 0 Å². The lowest BCUT2D eigenvalue weighted by atomic mass is 10.1. The number of nitrogens with one attached hydrogen (secondary N) is 1. The van der Waals surface area contributed by atoms with E-state index in [-0.39, 0.29) is 24.2 Å². The lowest BCUT2D eigenvalue weighted by Crippen LogP contribution is -2.37. The third-order valence-corrected chi connectivity index (χ3v) is 2.97. The molecule has 0 radical (unpaired) electrons. The fourth-order valence-corrected chi connectivity index (χ4v) is 2.07. The van der Waals surface area contributed by atoms with Crippen LogP contribution in [-0.2, 0) is 0 Å². The Bertz CT molecular complexity index is 472. The van der Waals surface area contributed by atoms with Crippen LogP contribution in [0.25, 0.3) is 0 Å². The van der Waals surface area contributed by atoms with E-state index >= 15 is 0 Å². The van der Waals surface area contributed by atoms with Crippen molar-refractivity contribution in [3.05, 3.63) is 33.8 Å². The zero-order valence-corrected chi connectivity index (χ0v) is 11.9. The van der Waals surface area contributed by atoms with Crippen molar-refractivity contribution in [1.29, 1.82) is 0 Å². The van der Waals surface area contributed by atoms with Crippen LogP contribution in [0.15, 0.2) is 23.4 Å². The summed E-state index contributed by atoms with van der Waals surface area (Å²) in [7, 11) is 0. The van der Waals surface area contributed by atoms with Crippen LogP contribution in [0.3, 0.4) is 0 Å². The van der Waals surface area contributed by atoms with Crippen molar-refractivity contribution in [2.24, 2.45) is 10.9 Å². The molecule has 0 aliphatic carbocycles. The second-order valence-electron chi connectivity index (χ2n) is 4.03. The van der Waals surface area contributed by atoms with Crippen LogP contribution in [0.2, 0.25) is 10.0 Å². The quantitative estimate of drug-likeness (QED) is 0.338. The van der Waals surface area contributed by atoms with Gasteiger partial charge < -0.3 is 16.3 Å². The van der Waals surface area contributed by atoms with Gasteiger partial charge in [0.25, 0.3) is 5.91 Å². The average Bonchev–Trinajstić information content (AvgIpc) is 2.36. The molecule has 0 aromatic heterocycles. The van der Waals surface area contributed by atoms with Crippen LogP contribution in [0.5, 0.6) is 0 Å². The van der Waals surface area contributed by atoms with E-state index in [4.69, 9.17) is 34.1 Å². The highest BCUT2D eigenvalue weighted by Gasteiger charge is 2.14. The molecule has 4 N–H and O–H groups in total. The van der Waals surface area contributed by atoms with Gasteiger partial charge in [-0.2, -0.15) is 0 Å². The maximum atomic E-state index is 12.0. The molecule has 1 unspecified atom stereocenters. The summed E-state index contributed by atoms with van der Waals surface area (Å²) in [5, 5.41) is 15.0. The molecule has 19 heavy (non-hydrogen) atoms. The number of oxime groups is 1. The van der Waals surface area contributed by atoms with Gasteiger partial charge in [0, 0.05) is 28.1 Å². The molecular weight excluding hydrogens is 289 g/mol. The van der Waals surface area contributed by atoms with E-state index in [1.165, 1.54) is 12.1 Å². The van der Waals surface area contributed by atoms with Gasteiger partial charge in [-0.05, 0) is 24.6 Å². The number of amides is 1. The number of hydrogen-bond acceptors (Lipinski definition) is 3. The van der Waals surface area contributed by atoms with Gasteiger partial charge in [-0.15, -0.1) is 0 Å². The molecule has 0 fully saturated rings. The fraction of sp³-hybridized carbons (Fsp3) is 0.333. The summed E-state index contributed by atoms with van der Waals surface area (Å²) >= 11 is 11.7. The lowest BCUT2D eigenvalue weighted by molar-refractivity contribution is 0.0937. The molecule has 0 saturated heterocycles. The predicted molar refractivity (Wildman–Crippen MR) is 76.0 cm³/mol. The summed E-state index contributed by atoms with van der Waals surface area (Å²) in [4.78, 5) is 12.0. The van der Waals surface area contributed by atoms with E-state index in [0.29, 0.717) is 22.0 Å². The van der Waals surface area contributed by atoms with Crippen LogP contribution in [-0.4, -0.2) is 23.0 Å². The first-order valence-electron chi connectivity index (χ1n) is 5.69. The molecule has 7 heteroatoms. The third-order valence-electron chi connectivity index (χ3n) is 2.54. The van der Waals surface area contributed by atoms with E-state index in [9.17, 15) is 4.79 Å². The van der Waals surface area contributed by atoms with Crippen molar-refractivity contribution < 1.29 is 10.0 Å². The number of halogens is 2. The highest BCUT2D eigenvalue weighted by Crippen LogP contribution is 2.19. The van der Waals surface area contributed by atoms with Gasteiger partial charge in [-0.3, -0.25) is 4.79 Å². The van der Waals surface area contributed by atoms with Crippen LogP contribution in [0.1, 0.15) is 30.1 Å². The molecule has 0 heterocycles. The molecule has 0 spiro atoms. The van der Waals surface area contributed by atoms with Crippen molar-refractivity contribution in [1.82, 2.24) is 5.32 Å². The third kappa shape index (κ3) is 4.96. The Morgan fingerprint density at radius 1 is 1.42 bits per heavy atom. The van der Waals surface area contributed by atoms with Crippen molar-refractivity contribution in [3.63, 3.8) is 0 Å². The van der Waals surface area contributed by atoms with E-state index < -0.39 is 0 Å². The summed E-state index contributed by atoms with van der Waals surface area (Å²) in [5.41, 5.74) is 5.79. The number of carbonyl (C=O) groups excluding carboxylic acids is 1. The first-order valence-corrected chi connectivity index (χ1v) is 6.45. The predicted octanol–water partition coefficient (Wildman–Crippen LogP) is 2.64. The molecule has 1 amide bonds. The van der Waals surface area contributed by atoms with Crippen LogP contribution >= 0.6 is 23.2 Å². The van der Waals surface area contributed by atoms with Gasteiger partial charge in [0.2, 0.25) is 0 Å². The van der Waals surface area contributed by atoms with Crippen molar-refractivity contribution in [2.45, 2.75) is 25.8 Å². The number of carbonyl (C=O) groups is 1. The first-order chi connectivity index (χ1) is 8.96. The molecule has 0 bridgehead atoms. The highest BCUT2D eigenvalue weighted by molar-refractivity contribution is 6.35. The molecule has 1 rings (SSSR count). The molecule has 0 saturated carbocycles. The molecule has 1 atom stereocenters. The van der Waals surface area contributed by atoms with Crippen molar-refractivity contribution >= 4 is 34.9 Å². The minimum Gasteiger partial charge on any atom is -0.409 e. The SMILES string of the molecule is CCC(C/C(N)=N/O)NC(=O)c1cc(Cl)cc(Cl)c1. The standard InChI is InChI=1S/C12H15Cl2N3O2/c1-2-10(6-11(15)17-19)16-12(18)7-3-8(13)5-9(14)4-7/h3-5,10,19H,2,6H2,1H3,(H2,15,17)(H,16,18). The number of hydrogen-bond donors (Lipinski definition) is 3. The topological polar surface area (TPSA) is 87.7 Å². The van der Waals surface area contributed by atoms with Gasteiger partial charge >= 0.3 is 0 Å². The monoisotopic (exact) mass is 303 g/mol. The van der Waals surface area contributed by atoms with Crippen molar-refractivity contribution in [3.8, 4) is 0 Å². The Balaban J connectivity index is 2.77. The van der Waals surface area contributed by atoms with E-state index in [1.807, 2.05) is 6.92 Å². The normalized spacial score (nSPS) is 13.1. The molecular formula is C12H15Cl2N3O2. The van der Waals surface area contributed by atoms with E-state index in [0.717, 1.165) is 0 Å². The van der Waals surface area contributed by atoms with Gasteiger partial charge in [0.1, 0.15) is 5.84 Å². The van der Waals surface area contributed by atoms with Gasteiger partial charge in [-0.1, -0.05) is 35.3 Å². The van der Waals surface area contributed by atoms with E-state index in [2.05, 4.69) is 10.5 Å². The minimum absolute atomic E-state index is 0.0660.